The van der Waals surface area contributed by atoms with E-state index in [2.05, 4.69) is 0 Å². The molecule has 0 spiro atoms. The van der Waals surface area contributed by atoms with Crippen LogP contribution in [0.5, 0.6) is 0 Å². The molecule has 1 saturated heterocycles. The van der Waals surface area contributed by atoms with Gasteiger partial charge in [-0.05, 0) is 25.0 Å². The third kappa shape index (κ3) is 2.75. The van der Waals surface area contributed by atoms with E-state index >= 15 is 0 Å². The molecule has 88 valence electrons. The Morgan fingerprint density at radius 2 is 2.12 bits per heavy atom. The van der Waals surface area contributed by atoms with Gasteiger partial charge < -0.3 is 10.5 Å². The molecular weight excluding hydrogens is 225 g/mol. The van der Waals surface area contributed by atoms with Crippen molar-refractivity contribution in [3.63, 3.8) is 0 Å². The Hall–Kier alpha value is -0.580. The summed E-state index contributed by atoms with van der Waals surface area (Å²) in [4.78, 5) is 0.981. The van der Waals surface area contributed by atoms with Crippen molar-refractivity contribution in [1.29, 1.82) is 0 Å². The highest BCUT2D eigenvalue weighted by Gasteiger charge is 2.17. The predicted octanol–water partition coefficient (Wildman–Crippen LogP) is 2.56. The molecule has 0 aliphatic carbocycles. The van der Waals surface area contributed by atoms with Crippen LogP contribution in [-0.4, -0.2) is 18.5 Å². The van der Waals surface area contributed by atoms with Gasteiger partial charge in [-0.1, -0.05) is 6.07 Å². The smallest absolute Gasteiger partial charge is 0.128 e. The Labute approximate surface area is 99.4 Å². The summed E-state index contributed by atoms with van der Waals surface area (Å²) >= 11 is 1.73. The van der Waals surface area contributed by atoms with Gasteiger partial charge in [0.1, 0.15) is 5.82 Å². The number of ether oxygens (including phenoxy) is 1. The van der Waals surface area contributed by atoms with Crippen LogP contribution in [0.3, 0.4) is 0 Å². The van der Waals surface area contributed by atoms with E-state index in [4.69, 9.17) is 10.5 Å². The lowest BCUT2D eigenvalue weighted by Crippen LogP contribution is -2.17. The van der Waals surface area contributed by atoms with Crippen LogP contribution in [0.15, 0.2) is 23.1 Å². The molecule has 0 radical (unpaired) electrons. The summed E-state index contributed by atoms with van der Waals surface area (Å²) in [5, 5.41) is 0.529. The topological polar surface area (TPSA) is 35.2 Å². The number of hydrogen-bond acceptors (Lipinski definition) is 3. The largest absolute Gasteiger partial charge is 0.381 e. The van der Waals surface area contributed by atoms with Crippen LogP contribution in [0, 0.1) is 5.82 Å². The fraction of sp³-hybridized carbons (Fsp3) is 0.500. The molecule has 1 heterocycles. The van der Waals surface area contributed by atoms with Crippen molar-refractivity contribution in [1.82, 2.24) is 0 Å². The molecule has 1 aromatic rings. The van der Waals surface area contributed by atoms with E-state index in [1.165, 1.54) is 6.07 Å². The number of rotatable bonds is 3. The summed E-state index contributed by atoms with van der Waals surface area (Å²) in [7, 11) is 0. The highest BCUT2D eigenvalue weighted by molar-refractivity contribution is 8.00. The molecule has 1 aliphatic rings. The molecule has 1 aromatic carbocycles. The van der Waals surface area contributed by atoms with E-state index in [9.17, 15) is 4.39 Å². The second kappa shape index (κ2) is 5.66. The summed E-state index contributed by atoms with van der Waals surface area (Å²) in [6, 6.07) is 5.16. The second-order valence-corrected chi connectivity index (χ2v) is 5.19. The maximum atomic E-state index is 13.5. The van der Waals surface area contributed by atoms with Gasteiger partial charge in [0, 0.05) is 35.5 Å². The van der Waals surface area contributed by atoms with Crippen LogP contribution >= 0.6 is 11.8 Å². The lowest BCUT2D eigenvalue weighted by atomic mass is 10.2. The van der Waals surface area contributed by atoms with Gasteiger partial charge in [-0.3, -0.25) is 0 Å². The Bertz CT molecular complexity index is 353. The van der Waals surface area contributed by atoms with Gasteiger partial charge in [0.25, 0.3) is 0 Å². The van der Waals surface area contributed by atoms with E-state index in [-0.39, 0.29) is 12.4 Å². The minimum atomic E-state index is -0.195. The van der Waals surface area contributed by atoms with Crippen LogP contribution in [0.2, 0.25) is 0 Å². The Balaban J connectivity index is 2.10. The standard InChI is InChI=1S/C12H16FNOS/c13-11-2-1-3-12(10(11)8-14)16-9-4-6-15-7-5-9/h1-3,9H,4-8,14H2. The van der Waals surface area contributed by atoms with Crippen LogP contribution in [0.4, 0.5) is 4.39 Å². The first-order valence-electron chi connectivity index (χ1n) is 5.53. The van der Waals surface area contributed by atoms with Gasteiger partial charge in [0.2, 0.25) is 0 Å². The van der Waals surface area contributed by atoms with Gasteiger partial charge in [0.05, 0.1) is 0 Å². The zero-order chi connectivity index (χ0) is 11.4. The Kier molecular flexibility index (Phi) is 4.21. The zero-order valence-electron chi connectivity index (χ0n) is 9.12. The SMILES string of the molecule is NCc1c(F)cccc1SC1CCOCC1. The molecule has 0 saturated carbocycles. The third-order valence-corrected chi connectivity index (χ3v) is 4.18. The molecular formula is C12H16FNOS. The molecule has 2 N–H and O–H groups in total. The molecule has 1 fully saturated rings. The van der Waals surface area contributed by atoms with Gasteiger partial charge in [-0.15, -0.1) is 11.8 Å². The Morgan fingerprint density at radius 1 is 1.38 bits per heavy atom. The lowest BCUT2D eigenvalue weighted by Gasteiger charge is -2.22. The maximum Gasteiger partial charge on any atom is 0.128 e. The highest BCUT2D eigenvalue weighted by Crippen LogP contribution is 2.32. The van der Waals surface area contributed by atoms with Gasteiger partial charge in [-0.25, -0.2) is 4.39 Å². The minimum absolute atomic E-state index is 0.195. The molecule has 4 heteroatoms. The minimum Gasteiger partial charge on any atom is -0.381 e. The number of hydrogen-bond donors (Lipinski definition) is 1. The van der Waals surface area contributed by atoms with Gasteiger partial charge in [0.15, 0.2) is 0 Å². The van der Waals surface area contributed by atoms with Crippen LogP contribution in [-0.2, 0) is 11.3 Å². The summed E-state index contributed by atoms with van der Waals surface area (Å²) < 4.78 is 18.8. The molecule has 2 rings (SSSR count). The fourth-order valence-corrected chi connectivity index (χ4v) is 3.09. The van der Waals surface area contributed by atoms with Crippen molar-refractivity contribution < 1.29 is 9.13 Å². The maximum absolute atomic E-state index is 13.5. The third-order valence-electron chi connectivity index (χ3n) is 2.74. The lowest BCUT2D eigenvalue weighted by molar-refractivity contribution is 0.1000. The number of nitrogens with two attached hydrogens (primary N) is 1. The van der Waals surface area contributed by atoms with Crippen molar-refractivity contribution in [2.24, 2.45) is 5.73 Å². The van der Waals surface area contributed by atoms with Crippen molar-refractivity contribution in [3.8, 4) is 0 Å². The van der Waals surface area contributed by atoms with E-state index in [0.717, 1.165) is 31.0 Å². The van der Waals surface area contributed by atoms with E-state index < -0.39 is 0 Å². The van der Waals surface area contributed by atoms with Crippen LogP contribution < -0.4 is 5.73 Å². The van der Waals surface area contributed by atoms with Crippen molar-refractivity contribution in [3.05, 3.63) is 29.6 Å². The second-order valence-electron chi connectivity index (χ2n) is 3.85. The number of halogens is 1. The van der Waals surface area contributed by atoms with Gasteiger partial charge >= 0.3 is 0 Å². The van der Waals surface area contributed by atoms with Crippen molar-refractivity contribution in [2.75, 3.05) is 13.2 Å². The average molecular weight is 241 g/mol. The fourth-order valence-electron chi connectivity index (χ4n) is 1.82. The van der Waals surface area contributed by atoms with Crippen LogP contribution in [0.1, 0.15) is 18.4 Å². The number of benzene rings is 1. The first-order chi connectivity index (χ1) is 7.81. The summed E-state index contributed by atoms with van der Waals surface area (Å²) in [5.41, 5.74) is 6.22. The van der Waals surface area contributed by atoms with E-state index in [0.29, 0.717) is 10.8 Å². The van der Waals surface area contributed by atoms with E-state index in [1.807, 2.05) is 6.07 Å². The van der Waals surface area contributed by atoms with Crippen LogP contribution in [0.25, 0.3) is 0 Å². The quantitative estimate of drug-likeness (QED) is 0.883. The molecule has 0 atom stereocenters. The van der Waals surface area contributed by atoms with Gasteiger partial charge in [-0.2, -0.15) is 0 Å². The Morgan fingerprint density at radius 3 is 2.81 bits per heavy atom. The molecule has 1 aliphatic heterocycles. The molecule has 0 bridgehead atoms. The number of thioether (sulfide) groups is 1. The predicted molar refractivity (Wildman–Crippen MR) is 64.0 cm³/mol. The normalized spacial score (nSPS) is 17.6. The summed E-state index contributed by atoms with van der Waals surface area (Å²) in [6.45, 7) is 1.88. The summed E-state index contributed by atoms with van der Waals surface area (Å²) in [5.74, 6) is -0.195. The molecule has 16 heavy (non-hydrogen) atoms. The first kappa shape index (κ1) is 11.9. The highest BCUT2D eigenvalue weighted by atomic mass is 32.2. The average Bonchev–Trinajstić information content (AvgIpc) is 2.31. The van der Waals surface area contributed by atoms with Crippen molar-refractivity contribution >= 4 is 11.8 Å². The van der Waals surface area contributed by atoms with E-state index in [1.54, 1.807) is 17.8 Å². The molecule has 0 amide bonds. The molecule has 2 nitrogen and oxygen atoms in total. The monoisotopic (exact) mass is 241 g/mol. The first-order valence-corrected chi connectivity index (χ1v) is 6.41. The zero-order valence-corrected chi connectivity index (χ0v) is 9.93. The molecule has 0 unspecified atom stereocenters. The van der Waals surface area contributed by atoms with Crippen molar-refractivity contribution in [2.45, 2.75) is 29.5 Å². The molecule has 0 aromatic heterocycles. The summed E-state index contributed by atoms with van der Waals surface area (Å²) in [6.07, 6.45) is 2.07.